The monoisotopic (exact) mass is 289 g/mol. The van der Waals surface area contributed by atoms with Gasteiger partial charge in [-0.15, -0.1) is 0 Å². The number of hydrogen-bond acceptors (Lipinski definition) is 5. The lowest BCUT2D eigenvalue weighted by Crippen LogP contribution is -2.50. The van der Waals surface area contributed by atoms with Crippen LogP contribution in [0.15, 0.2) is 12.4 Å². The molecule has 3 rings (SSSR count). The molecule has 3 heterocycles. The molecule has 1 aromatic rings. The van der Waals surface area contributed by atoms with Crippen molar-refractivity contribution in [3.05, 3.63) is 18.1 Å². The van der Waals surface area contributed by atoms with Crippen LogP contribution in [0.5, 0.6) is 0 Å². The molecule has 2 saturated heterocycles. The van der Waals surface area contributed by atoms with Crippen LogP contribution in [-0.2, 0) is 6.54 Å². The van der Waals surface area contributed by atoms with Crippen LogP contribution in [0, 0.1) is 5.92 Å². The van der Waals surface area contributed by atoms with E-state index in [2.05, 4.69) is 33.9 Å². The predicted molar refractivity (Wildman–Crippen MR) is 85.4 cm³/mol. The van der Waals surface area contributed by atoms with E-state index in [1.54, 1.807) is 0 Å². The Kier molecular flexibility index (Phi) is 4.70. The summed E-state index contributed by atoms with van der Waals surface area (Å²) < 4.78 is 0. The van der Waals surface area contributed by atoms with Crippen LogP contribution in [0.2, 0.25) is 0 Å². The third-order valence-corrected chi connectivity index (χ3v) is 4.44. The summed E-state index contributed by atoms with van der Waals surface area (Å²) >= 11 is 0. The van der Waals surface area contributed by atoms with Gasteiger partial charge in [-0.1, -0.05) is 13.8 Å². The van der Waals surface area contributed by atoms with Gasteiger partial charge in [-0.25, -0.2) is 4.98 Å². The highest BCUT2D eigenvalue weighted by atomic mass is 15.3. The Hall–Kier alpha value is -1.20. The Morgan fingerprint density at radius 1 is 1.29 bits per heavy atom. The van der Waals surface area contributed by atoms with Gasteiger partial charge in [0.25, 0.3) is 0 Å². The lowest BCUT2D eigenvalue weighted by molar-refractivity contribution is 0.230. The molecule has 116 valence electrons. The number of aromatic nitrogens is 2. The van der Waals surface area contributed by atoms with Crippen LogP contribution < -0.4 is 10.2 Å². The van der Waals surface area contributed by atoms with Gasteiger partial charge in [-0.05, 0) is 31.8 Å². The zero-order chi connectivity index (χ0) is 14.7. The van der Waals surface area contributed by atoms with E-state index in [0.717, 1.165) is 43.7 Å². The maximum absolute atomic E-state index is 4.79. The van der Waals surface area contributed by atoms with Gasteiger partial charge >= 0.3 is 0 Å². The summed E-state index contributed by atoms with van der Waals surface area (Å²) in [6.45, 7) is 10.9. The first kappa shape index (κ1) is 14.7. The first-order valence-electron chi connectivity index (χ1n) is 8.23. The number of nitrogens with one attached hydrogen (secondary N) is 1. The van der Waals surface area contributed by atoms with Crippen LogP contribution >= 0.6 is 0 Å². The summed E-state index contributed by atoms with van der Waals surface area (Å²) in [6, 6.07) is 0.725. The number of anilines is 1. The van der Waals surface area contributed by atoms with Crippen molar-refractivity contribution in [3.63, 3.8) is 0 Å². The topological polar surface area (TPSA) is 44.3 Å². The average Bonchev–Trinajstić information content (AvgIpc) is 2.94. The molecule has 0 radical (unpaired) electrons. The van der Waals surface area contributed by atoms with E-state index in [0.29, 0.717) is 5.92 Å². The van der Waals surface area contributed by atoms with E-state index in [9.17, 15) is 0 Å². The van der Waals surface area contributed by atoms with Gasteiger partial charge in [0, 0.05) is 38.4 Å². The molecule has 1 N–H and O–H groups in total. The lowest BCUT2D eigenvalue weighted by atomic mass is 10.1. The summed E-state index contributed by atoms with van der Waals surface area (Å²) in [6.07, 6.45) is 6.47. The fourth-order valence-electron chi connectivity index (χ4n) is 3.32. The Bertz CT molecular complexity index is 462. The molecule has 0 aliphatic carbocycles. The molecule has 0 saturated carbocycles. The molecule has 0 spiro atoms. The molecule has 21 heavy (non-hydrogen) atoms. The second-order valence-corrected chi connectivity index (χ2v) is 6.67. The lowest BCUT2D eigenvalue weighted by Gasteiger charge is -2.38. The van der Waals surface area contributed by atoms with Crippen molar-refractivity contribution >= 4 is 5.82 Å². The van der Waals surface area contributed by atoms with Crippen LogP contribution in [0.1, 0.15) is 32.4 Å². The van der Waals surface area contributed by atoms with Gasteiger partial charge in [0.05, 0.1) is 11.9 Å². The van der Waals surface area contributed by atoms with Crippen LogP contribution in [0.25, 0.3) is 0 Å². The Balaban J connectivity index is 1.60. The molecule has 2 fully saturated rings. The second kappa shape index (κ2) is 6.71. The van der Waals surface area contributed by atoms with E-state index < -0.39 is 0 Å². The predicted octanol–water partition coefficient (Wildman–Crippen LogP) is 1.51. The minimum absolute atomic E-state index is 0.664. The third kappa shape index (κ3) is 3.71. The van der Waals surface area contributed by atoms with E-state index in [-0.39, 0.29) is 0 Å². The molecule has 1 unspecified atom stereocenters. The average molecular weight is 289 g/mol. The number of nitrogens with zero attached hydrogens (tertiary/aromatic N) is 4. The summed E-state index contributed by atoms with van der Waals surface area (Å²) in [4.78, 5) is 14.2. The van der Waals surface area contributed by atoms with Crippen LogP contribution in [0.4, 0.5) is 5.82 Å². The summed E-state index contributed by atoms with van der Waals surface area (Å²) in [5, 5.41) is 3.44. The van der Waals surface area contributed by atoms with E-state index in [1.807, 2.05) is 12.4 Å². The number of fused-ring (bicyclic) bond motifs is 1. The van der Waals surface area contributed by atoms with Crippen molar-refractivity contribution in [2.45, 2.75) is 39.3 Å². The number of hydrogen-bond donors (Lipinski definition) is 1. The highest BCUT2D eigenvalue weighted by molar-refractivity contribution is 5.37. The van der Waals surface area contributed by atoms with Crippen LogP contribution in [-0.4, -0.2) is 53.6 Å². The largest absolute Gasteiger partial charge is 0.352 e. The van der Waals surface area contributed by atoms with E-state index >= 15 is 0 Å². The van der Waals surface area contributed by atoms with Gasteiger partial charge in [0.2, 0.25) is 0 Å². The van der Waals surface area contributed by atoms with Crippen molar-refractivity contribution in [1.82, 2.24) is 20.2 Å². The highest BCUT2D eigenvalue weighted by Crippen LogP contribution is 2.24. The fraction of sp³-hybridized carbons (Fsp3) is 0.750. The highest BCUT2D eigenvalue weighted by Gasteiger charge is 2.31. The molecule has 5 nitrogen and oxygen atoms in total. The summed E-state index contributed by atoms with van der Waals surface area (Å²) in [5.41, 5.74) is 1.04. The normalized spacial score (nSPS) is 22.8. The maximum Gasteiger partial charge on any atom is 0.147 e. The number of piperazine rings is 1. The molecule has 5 heteroatoms. The summed E-state index contributed by atoms with van der Waals surface area (Å²) in [5.74, 6) is 1.71. The van der Waals surface area contributed by atoms with Crippen molar-refractivity contribution in [2.75, 3.05) is 37.6 Å². The molecule has 2 aliphatic rings. The zero-order valence-corrected chi connectivity index (χ0v) is 13.3. The SMILES string of the molecule is CC(C)CNCc1cncc(N2CCN3CCCC3C2)n1. The number of rotatable bonds is 5. The quantitative estimate of drug-likeness (QED) is 0.890. The molecule has 0 aromatic carbocycles. The molecule has 1 atom stereocenters. The molecule has 2 aliphatic heterocycles. The second-order valence-electron chi connectivity index (χ2n) is 6.67. The molecule has 0 amide bonds. The minimum Gasteiger partial charge on any atom is -0.352 e. The Morgan fingerprint density at radius 2 is 2.19 bits per heavy atom. The Morgan fingerprint density at radius 3 is 3.05 bits per heavy atom. The Labute approximate surface area is 127 Å². The standard InChI is InChI=1S/C16H27N5/c1-13(2)8-17-9-14-10-18-11-16(19-14)21-7-6-20-5-3-4-15(20)12-21/h10-11,13,15,17H,3-9,12H2,1-2H3. The summed E-state index contributed by atoms with van der Waals surface area (Å²) in [7, 11) is 0. The smallest absolute Gasteiger partial charge is 0.147 e. The van der Waals surface area contributed by atoms with Crippen molar-refractivity contribution in [3.8, 4) is 0 Å². The maximum atomic E-state index is 4.79. The van der Waals surface area contributed by atoms with E-state index in [4.69, 9.17) is 4.98 Å². The zero-order valence-electron chi connectivity index (χ0n) is 13.3. The van der Waals surface area contributed by atoms with Crippen molar-refractivity contribution in [2.24, 2.45) is 5.92 Å². The van der Waals surface area contributed by atoms with Crippen LogP contribution in [0.3, 0.4) is 0 Å². The van der Waals surface area contributed by atoms with Gasteiger partial charge in [0.1, 0.15) is 5.82 Å². The van der Waals surface area contributed by atoms with Gasteiger partial charge in [0.15, 0.2) is 0 Å². The van der Waals surface area contributed by atoms with Gasteiger partial charge < -0.3 is 10.2 Å². The third-order valence-electron chi connectivity index (χ3n) is 4.44. The first-order chi connectivity index (χ1) is 10.2. The molecular weight excluding hydrogens is 262 g/mol. The molecule has 1 aromatic heterocycles. The minimum atomic E-state index is 0.664. The van der Waals surface area contributed by atoms with E-state index in [1.165, 1.54) is 25.9 Å². The van der Waals surface area contributed by atoms with Crippen molar-refractivity contribution in [1.29, 1.82) is 0 Å². The van der Waals surface area contributed by atoms with Gasteiger partial charge in [-0.2, -0.15) is 0 Å². The fourth-order valence-corrected chi connectivity index (χ4v) is 3.32. The molecule has 0 bridgehead atoms. The molecular formula is C16H27N5. The first-order valence-corrected chi connectivity index (χ1v) is 8.23. The van der Waals surface area contributed by atoms with Gasteiger partial charge in [-0.3, -0.25) is 9.88 Å². The van der Waals surface area contributed by atoms with Crippen molar-refractivity contribution < 1.29 is 0 Å².